The molecule has 138 valence electrons. The molecule has 0 bridgehead atoms. The lowest BCUT2D eigenvalue weighted by atomic mass is 10.1. The molecule has 0 amide bonds. The van der Waals surface area contributed by atoms with E-state index in [9.17, 15) is 0 Å². The summed E-state index contributed by atoms with van der Waals surface area (Å²) < 4.78 is 8.94. The second-order valence-corrected chi connectivity index (χ2v) is 5.61. The Morgan fingerprint density at radius 3 is 1.67 bits per heavy atom. The molecule has 0 aliphatic heterocycles. The first-order chi connectivity index (χ1) is 11.6. The Balaban J connectivity index is 0. The molecule has 0 N–H and O–H groups in total. The van der Waals surface area contributed by atoms with E-state index in [4.69, 9.17) is 4.74 Å². The van der Waals surface area contributed by atoms with Gasteiger partial charge in [-0.1, -0.05) is 88.1 Å². The number of rotatable bonds is 4. The van der Waals surface area contributed by atoms with E-state index in [1.54, 1.807) is 21.3 Å². The van der Waals surface area contributed by atoms with Gasteiger partial charge in [0, 0.05) is 27.9 Å². The molecule has 0 spiro atoms. The maximum Gasteiger partial charge on any atom is 0.0459 e. The van der Waals surface area contributed by atoms with Crippen molar-refractivity contribution in [1.29, 1.82) is 0 Å². The summed E-state index contributed by atoms with van der Waals surface area (Å²) in [6, 6.07) is 14.9. The van der Waals surface area contributed by atoms with Crippen molar-refractivity contribution in [2.45, 2.75) is 53.4 Å². The number of ether oxygens (including phenoxy) is 2. The minimum atomic E-state index is 0.889. The van der Waals surface area contributed by atoms with Crippen LogP contribution in [0.15, 0.2) is 42.5 Å². The van der Waals surface area contributed by atoms with E-state index in [1.807, 2.05) is 0 Å². The molecule has 0 saturated carbocycles. The number of hydrogen-bond acceptors (Lipinski definition) is 2. The van der Waals surface area contributed by atoms with Crippen LogP contribution in [0.4, 0.5) is 0 Å². The Kier molecular flexibility index (Phi) is 20.4. The number of unbranched alkanes of at least 4 members (excludes halogenated alkanes) is 2. The largest absolute Gasteiger partial charge is 0.388 e. The molecule has 0 aromatic heterocycles. The van der Waals surface area contributed by atoms with Crippen LogP contribution in [0.5, 0.6) is 0 Å². The van der Waals surface area contributed by atoms with Gasteiger partial charge in [0.05, 0.1) is 0 Å². The summed E-state index contributed by atoms with van der Waals surface area (Å²) in [6.45, 7) is 9.52. The highest BCUT2D eigenvalue weighted by atomic mass is 16.5. The second kappa shape index (κ2) is 19.7. The summed E-state index contributed by atoms with van der Waals surface area (Å²) in [5.41, 5.74) is 1.32. The second-order valence-electron chi connectivity index (χ2n) is 5.61. The van der Waals surface area contributed by atoms with Gasteiger partial charge in [0.1, 0.15) is 0 Å². The molecule has 24 heavy (non-hydrogen) atoms. The molecule has 0 aliphatic carbocycles. The summed E-state index contributed by atoms with van der Waals surface area (Å²) >= 11 is 0. The van der Waals surface area contributed by atoms with Gasteiger partial charge in [0.25, 0.3) is 0 Å². The Hall–Kier alpha value is -1.38. The van der Waals surface area contributed by atoms with Crippen LogP contribution >= 0.6 is 0 Å². The smallest absolute Gasteiger partial charge is 0.0459 e. The van der Waals surface area contributed by atoms with E-state index >= 15 is 0 Å². The third-order valence-corrected chi connectivity index (χ3v) is 3.02. The summed E-state index contributed by atoms with van der Waals surface area (Å²) in [4.78, 5) is 0. The molecule has 2 heteroatoms. The van der Waals surface area contributed by atoms with Crippen molar-refractivity contribution >= 4 is 10.8 Å². The van der Waals surface area contributed by atoms with E-state index in [2.05, 4.69) is 74.9 Å². The van der Waals surface area contributed by atoms with Gasteiger partial charge in [-0.15, -0.1) is 0 Å². The summed E-state index contributed by atoms with van der Waals surface area (Å²) in [5, 5.41) is 2.64. The maximum atomic E-state index is 4.69. The highest BCUT2D eigenvalue weighted by Crippen LogP contribution is 2.14. The van der Waals surface area contributed by atoms with Crippen molar-refractivity contribution in [2.24, 2.45) is 0 Å². The minimum absolute atomic E-state index is 0.889. The fraction of sp³-hybridized carbons (Fsp3) is 0.545. The van der Waals surface area contributed by atoms with Crippen molar-refractivity contribution < 1.29 is 9.47 Å². The molecule has 0 heterocycles. The van der Waals surface area contributed by atoms with Crippen LogP contribution in [-0.2, 0) is 9.47 Å². The molecular formula is C22H38O2. The molecule has 2 nitrogen and oxygen atoms in total. The Morgan fingerprint density at radius 2 is 1.29 bits per heavy atom. The quantitative estimate of drug-likeness (QED) is 0.623. The maximum absolute atomic E-state index is 4.69. The first kappa shape index (κ1) is 24.9. The van der Waals surface area contributed by atoms with Gasteiger partial charge < -0.3 is 9.47 Å². The van der Waals surface area contributed by atoms with Crippen molar-refractivity contribution in [1.82, 2.24) is 0 Å². The summed E-state index contributed by atoms with van der Waals surface area (Å²) in [7, 11) is 4.96. The molecule has 2 aromatic carbocycles. The van der Waals surface area contributed by atoms with Crippen LogP contribution in [0.1, 0.15) is 52.0 Å². The van der Waals surface area contributed by atoms with E-state index in [1.165, 1.54) is 35.6 Å². The van der Waals surface area contributed by atoms with Crippen molar-refractivity contribution in [3.8, 4) is 0 Å². The van der Waals surface area contributed by atoms with Crippen LogP contribution in [0, 0.1) is 6.92 Å². The number of aryl methyl sites for hydroxylation is 1. The average molecular weight is 335 g/mol. The molecule has 0 radical (unpaired) electrons. The van der Waals surface area contributed by atoms with Gasteiger partial charge in [-0.05, 0) is 24.1 Å². The van der Waals surface area contributed by atoms with E-state index in [0.717, 1.165) is 13.0 Å². The molecule has 0 fully saturated rings. The summed E-state index contributed by atoms with van der Waals surface area (Å²) in [5.74, 6) is 0. The van der Waals surface area contributed by atoms with Crippen LogP contribution in [-0.4, -0.2) is 27.9 Å². The van der Waals surface area contributed by atoms with Gasteiger partial charge in [0.2, 0.25) is 0 Å². The van der Waals surface area contributed by atoms with Crippen LogP contribution in [0.25, 0.3) is 10.8 Å². The van der Waals surface area contributed by atoms with Crippen LogP contribution in [0.2, 0.25) is 0 Å². The normalized spacial score (nSPS) is 8.96. The van der Waals surface area contributed by atoms with Crippen molar-refractivity contribution in [2.75, 3.05) is 27.9 Å². The number of hydrogen-bond donors (Lipinski definition) is 0. The third-order valence-electron chi connectivity index (χ3n) is 3.02. The fourth-order valence-corrected chi connectivity index (χ4v) is 1.87. The highest BCUT2D eigenvalue weighted by molar-refractivity contribution is 5.82. The zero-order valence-corrected chi connectivity index (χ0v) is 16.9. The highest BCUT2D eigenvalue weighted by Gasteiger charge is 1.89. The SMILES string of the molecule is CCCCC.CCCOC.COC.Cc1ccc2ccccc2c1. The topological polar surface area (TPSA) is 18.5 Å². The van der Waals surface area contributed by atoms with Gasteiger partial charge in [-0.2, -0.15) is 0 Å². The van der Waals surface area contributed by atoms with E-state index < -0.39 is 0 Å². The average Bonchev–Trinajstić information content (AvgIpc) is 2.58. The minimum Gasteiger partial charge on any atom is -0.388 e. The van der Waals surface area contributed by atoms with Gasteiger partial charge >= 0.3 is 0 Å². The standard InChI is InChI=1S/C11H10.C5H12.C4H10O.C2H6O/c1-9-6-7-10-4-2-3-5-11(10)8-9;1-3-5-4-2;1-3-4-5-2;1-3-2/h2-8H,1H3;3-5H2,1-2H3;3-4H2,1-2H3;1-2H3. The molecule has 0 aliphatic rings. The zero-order valence-electron chi connectivity index (χ0n) is 16.9. The first-order valence-corrected chi connectivity index (χ1v) is 8.95. The Bertz CT molecular complexity index is 470. The lowest BCUT2D eigenvalue weighted by Gasteiger charge is -1.96. The van der Waals surface area contributed by atoms with Gasteiger partial charge in [0.15, 0.2) is 0 Å². The molecule has 0 atom stereocenters. The fourth-order valence-electron chi connectivity index (χ4n) is 1.87. The Morgan fingerprint density at radius 1 is 0.750 bits per heavy atom. The monoisotopic (exact) mass is 334 g/mol. The third kappa shape index (κ3) is 15.5. The van der Waals surface area contributed by atoms with Gasteiger partial charge in [-0.25, -0.2) is 0 Å². The van der Waals surface area contributed by atoms with Crippen molar-refractivity contribution in [3.05, 3.63) is 48.0 Å². The van der Waals surface area contributed by atoms with E-state index in [0.29, 0.717) is 0 Å². The number of fused-ring (bicyclic) bond motifs is 1. The van der Waals surface area contributed by atoms with Crippen LogP contribution < -0.4 is 0 Å². The van der Waals surface area contributed by atoms with Crippen molar-refractivity contribution in [3.63, 3.8) is 0 Å². The zero-order chi connectivity index (χ0) is 18.6. The predicted molar refractivity (Wildman–Crippen MR) is 109 cm³/mol. The molecule has 0 unspecified atom stereocenters. The molecule has 2 aromatic rings. The predicted octanol–water partition coefficient (Wildman–Crippen LogP) is 6.65. The van der Waals surface area contributed by atoms with E-state index in [-0.39, 0.29) is 0 Å². The van der Waals surface area contributed by atoms with Gasteiger partial charge in [-0.3, -0.25) is 0 Å². The lowest BCUT2D eigenvalue weighted by molar-refractivity contribution is 0.199. The number of methoxy groups -OCH3 is 2. The molecular weight excluding hydrogens is 296 g/mol. The Labute approximate surface area is 150 Å². The summed E-state index contributed by atoms with van der Waals surface area (Å²) in [6.07, 6.45) is 5.20. The van der Waals surface area contributed by atoms with Crippen LogP contribution in [0.3, 0.4) is 0 Å². The first-order valence-electron chi connectivity index (χ1n) is 8.95. The molecule has 2 rings (SSSR count). The molecule has 0 saturated heterocycles. The lowest BCUT2D eigenvalue weighted by Crippen LogP contribution is -1.80. The number of benzene rings is 2.